The van der Waals surface area contributed by atoms with E-state index >= 15 is 0 Å². The summed E-state index contributed by atoms with van der Waals surface area (Å²) in [5.74, 6) is 0.792. The molecule has 2 N–H and O–H groups in total. The number of thiophene rings is 1. The number of hydrogen-bond acceptors (Lipinski definition) is 6. The highest BCUT2D eigenvalue weighted by Gasteiger charge is 2.20. The van der Waals surface area contributed by atoms with Crippen molar-refractivity contribution in [2.24, 2.45) is 0 Å². The smallest absolute Gasteiger partial charge is 0.259 e. The second-order valence-electron chi connectivity index (χ2n) is 7.18. The highest BCUT2D eigenvalue weighted by Crippen LogP contribution is 2.33. The Morgan fingerprint density at radius 1 is 1.30 bits per heavy atom. The highest BCUT2D eigenvalue weighted by molar-refractivity contribution is 7.18. The summed E-state index contributed by atoms with van der Waals surface area (Å²) >= 11 is 3.06. The molecule has 0 aliphatic heterocycles. The Labute approximate surface area is 165 Å². The van der Waals surface area contributed by atoms with Gasteiger partial charge in [-0.2, -0.15) is 0 Å². The SMILES string of the molecule is CC(C)c1csc(NC(=O)CCc2nc3sc4c(c3c(=O)[nH]2)CCCC4)n1. The van der Waals surface area contributed by atoms with Crippen molar-refractivity contribution in [1.29, 1.82) is 0 Å². The van der Waals surface area contributed by atoms with Gasteiger partial charge in [-0.1, -0.05) is 13.8 Å². The van der Waals surface area contributed by atoms with Crippen molar-refractivity contribution in [3.8, 4) is 0 Å². The third kappa shape index (κ3) is 3.82. The van der Waals surface area contributed by atoms with E-state index in [4.69, 9.17) is 0 Å². The van der Waals surface area contributed by atoms with Gasteiger partial charge in [0.05, 0.1) is 11.1 Å². The number of rotatable bonds is 5. The molecule has 142 valence electrons. The lowest BCUT2D eigenvalue weighted by molar-refractivity contribution is -0.116. The second-order valence-corrected chi connectivity index (χ2v) is 9.13. The largest absolute Gasteiger partial charge is 0.310 e. The lowest BCUT2D eigenvalue weighted by Gasteiger charge is -2.09. The molecule has 0 fully saturated rings. The minimum absolute atomic E-state index is 0.0729. The van der Waals surface area contributed by atoms with E-state index in [2.05, 4.69) is 34.1 Å². The Balaban J connectivity index is 1.45. The van der Waals surface area contributed by atoms with Crippen molar-refractivity contribution in [2.75, 3.05) is 5.32 Å². The van der Waals surface area contributed by atoms with Gasteiger partial charge < -0.3 is 10.3 Å². The number of aromatic nitrogens is 3. The summed E-state index contributed by atoms with van der Waals surface area (Å²) < 4.78 is 0. The Kier molecular flexibility index (Phi) is 5.10. The van der Waals surface area contributed by atoms with Gasteiger partial charge in [-0.25, -0.2) is 9.97 Å². The summed E-state index contributed by atoms with van der Waals surface area (Å²) in [5.41, 5.74) is 2.09. The van der Waals surface area contributed by atoms with Crippen LogP contribution in [0.25, 0.3) is 10.2 Å². The third-order valence-corrected chi connectivity index (χ3v) is 6.78. The molecule has 3 aromatic rings. The van der Waals surface area contributed by atoms with Crippen LogP contribution in [-0.4, -0.2) is 20.9 Å². The zero-order chi connectivity index (χ0) is 19.0. The number of carbonyl (C=O) groups excluding carboxylic acids is 1. The molecule has 1 amide bonds. The minimum atomic E-state index is -0.118. The molecule has 4 rings (SSSR count). The topological polar surface area (TPSA) is 87.7 Å². The standard InChI is InChI=1S/C19H22N4O2S2/c1-10(2)12-9-26-19(20-12)23-15(24)8-7-14-21-17(25)16-11-5-3-4-6-13(11)27-18(16)22-14/h9-10H,3-8H2,1-2H3,(H,20,23,24)(H,21,22,25). The summed E-state index contributed by atoms with van der Waals surface area (Å²) in [6.07, 6.45) is 4.99. The molecule has 6 nitrogen and oxygen atoms in total. The van der Waals surface area contributed by atoms with Gasteiger partial charge in [0.2, 0.25) is 5.91 Å². The number of anilines is 1. The van der Waals surface area contributed by atoms with Crippen molar-refractivity contribution >= 4 is 43.9 Å². The van der Waals surface area contributed by atoms with Crippen LogP contribution in [0.3, 0.4) is 0 Å². The Bertz CT molecular complexity index is 1050. The van der Waals surface area contributed by atoms with E-state index < -0.39 is 0 Å². The quantitative estimate of drug-likeness (QED) is 0.675. The van der Waals surface area contributed by atoms with Crippen molar-refractivity contribution in [2.45, 2.75) is 58.3 Å². The fraction of sp³-hybridized carbons (Fsp3) is 0.474. The molecule has 0 bridgehead atoms. The fourth-order valence-corrected chi connectivity index (χ4v) is 5.52. The normalized spacial score (nSPS) is 13.9. The van der Waals surface area contributed by atoms with Crippen LogP contribution in [0.5, 0.6) is 0 Å². The monoisotopic (exact) mass is 402 g/mol. The number of fused-ring (bicyclic) bond motifs is 3. The third-order valence-electron chi connectivity index (χ3n) is 4.82. The van der Waals surface area contributed by atoms with Gasteiger partial charge in [0.1, 0.15) is 10.7 Å². The van der Waals surface area contributed by atoms with Gasteiger partial charge in [-0.05, 0) is 37.2 Å². The van der Waals surface area contributed by atoms with E-state index in [0.717, 1.165) is 35.2 Å². The van der Waals surface area contributed by atoms with Gasteiger partial charge in [0.25, 0.3) is 5.56 Å². The molecule has 0 spiro atoms. The van der Waals surface area contributed by atoms with E-state index in [1.54, 1.807) is 11.3 Å². The average Bonchev–Trinajstić information content (AvgIpc) is 3.24. The van der Waals surface area contributed by atoms with Crippen LogP contribution < -0.4 is 10.9 Å². The van der Waals surface area contributed by atoms with Gasteiger partial charge in [0.15, 0.2) is 5.13 Å². The van der Waals surface area contributed by atoms with E-state index in [-0.39, 0.29) is 17.9 Å². The second kappa shape index (κ2) is 7.52. The molecule has 1 aliphatic carbocycles. The molecule has 1 aliphatic rings. The van der Waals surface area contributed by atoms with Crippen molar-refractivity contribution < 1.29 is 4.79 Å². The van der Waals surface area contributed by atoms with Crippen molar-refractivity contribution in [3.05, 3.63) is 37.7 Å². The summed E-state index contributed by atoms with van der Waals surface area (Å²) in [6, 6.07) is 0. The number of carbonyl (C=O) groups is 1. The molecule has 3 heterocycles. The number of H-pyrrole nitrogens is 1. The molecule has 0 aromatic carbocycles. The Morgan fingerprint density at radius 3 is 2.89 bits per heavy atom. The maximum absolute atomic E-state index is 12.5. The van der Waals surface area contributed by atoms with Gasteiger partial charge in [-0.3, -0.25) is 9.59 Å². The molecule has 0 atom stereocenters. The summed E-state index contributed by atoms with van der Waals surface area (Å²) in [6.45, 7) is 4.14. The summed E-state index contributed by atoms with van der Waals surface area (Å²) in [7, 11) is 0. The van der Waals surface area contributed by atoms with Crippen LogP contribution in [0, 0.1) is 0 Å². The van der Waals surface area contributed by atoms with Crippen LogP contribution in [0.15, 0.2) is 10.2 Å². The molecule has 0 saturated heterocycles. The number of nitrogens with zero attached hydrogens (tertiary/aromatic N) is 2. The van der Waals surface area contributed by atoms with E-state index in [9.17, 15) is 9.59 Å². The molecular weight excluding hydrogens is 380 g/mol. The first-order valence-electron chi connectivity index (χ1n) is 9.30. The molecule has 3 aromatic heterocycles. The first kappa shape index (κ1) is 18.3. The Morgan fingerprint density at radius 2 is 2.11 bits per heavy atom. The predicted molar refractivity (Wildman–Crippen MR) is 110 cm³/mol. The zero-order valence-electron chi connectivity index (χ0n) is 15.4. The number of amides is 1. The van der Waals surface area contributed by atoms with Crippen molar-refractivity contribution in [1.82, 2.24) is 15.0 Å². The molecule has 8 heteroatoms. The van der Waals surface area contributed by atoms with Crippen LogP contribution in [0.4, 0.5) is 5.13 Å². The number of aryl methyl sites for hydroxylation is 3. The van der Waals surface area contributed by atoms with Gasteiger partial charge in [0, 0.05) is 23.1 Å². The molecule has 0 unspecified atom stereocenters. The predicted octanol–water partition coefficient (Wildman–Crippen LogP) is 4.01. The van der Waals surface area contributed by atoms with Crippen LogP contribution in [-0.2, 0) is 24.1 Å². The first-order chi connectivity index (χ1) is 13.0. The number of aromatic amines is 1. The molecule has 0 saturated carbocycles. The Hall–Kier alpha value is -2.06. The minimum Gasteiger partial charge on any atom is -0.310 e. The van der Waals surface area contributed by atoms with E-state index in [0.29, 0.717) is 23.3 Å². The van der Waals surface area contributed by atoms with E-state index in [1.165, 1.54) is 28.2 Å². The van der Waals surface area contributed by atoms with Crippen LogP contribution >= 0.6 is 22.7 Å². The average molecular weight is 403 g/mol. The number of nitrogens with one attached hydrogen (secondary N) is 2. The summed E-state index contributed by atoms with van der Waals surface area (Å²) in [4.78, 5) is 38.8. The highest BCUT2D eigenvalue weighted by atomic mass is 32.1. The molecule has 27 heavy (non-hydrogen) atoms. The maximum Gasteiger partial charge on any atom is 0.259 e. The lowest BCUT2D eigenvalue weighted by atomic mass is 9.97. The van der Waals surface area contributed by atoms with Gasteiger partial charge in [-0.15, -0.1) is 22.7 Å². The number of thiazole rings is 1. The maximum atomic E-state index is 12.5. The summed E-state index contributed by atoms with van der Waals surface area (Å²) in [5, 5.41) is 6.17. The van der Waals surface area contributed by atoms with Crippen LogP contribution in [0.2, 0.25) is 0 Å². The lowest BCUT2D eigenvalue weighted by Crippen LogP contribution is -2.16. The van der Waals surface area contributed by atoms with Crippen LogP contribution in [0.1, 0.15) is 61.0 Å². The van der Waals surface area contributed by atoms with Crippen molar-refractivity contribution in [3.63, 3.8) is 0 Å². The zero-order valence-corrected chi connectivity index (χ0v) is 17.1. The van der Waals surface area contributed by atoms with Gasteiger partial charge >= 0.3 is 0 Å². The molecular formula is C19H22N4O2S2. The number of hydrogen-bond donors (Lipinski definition) is 2. The molecule has 0 radical (unpaired) electrons. The fourth-order valence-electron chi connectivity index (χ4n) is 3.35. The van der Waals surface area contributed by atoms with E-state index in [1.807, 2.05) is 5.38 Å². The first-order valence-corrected chi connectivity index (χ1v) is 11.0.